The Labute approximate surface area is 192 Å². The Morgan fingerprint density at radius 1 is 1.22 bits per heavy atom. The lowest BCUT2D eigenvalue weighted by Gasteiger charge is -2.43. The van der Waals surface area contributed by atoms with Crippen LogP contribution in [-0.2, 0) is 17.8 Å². The molecule has 3 aromatic rings. The fourth-order valence-corrected chi connectivity index (χ4v) is 5.54. The minimum atomic E-state index is -1.07. The van der Waals surface area contributed by atoms with Crippen LogP contribution in [0.2, 0.25) is 0 Å². The molecule has 3 heterocycles. The fraction of sp³-hybridized carbons (Fsp3) is 0.400. The van der Waals surface area contributed by atoms with Gasteiger partial charge in [-0.2, -0.15) is 5.10 Å². The average Bonchev–Trinajstić information content (AvgIpc) is 3.55. The minimum Gasteiger partial charge on any atom is -0.351 e. The third kappa shape index (κ3) is 3.54. The Hall–Kier alpha value is -2.93. The molecular formula is C25H28N4O2S. The number of aryl methyl sites for hydroxylation is 1. The molecule has 1 aliphatic carbocycles. The normalized spacial score (nSPS) is 21.1. The summed E-state index contributed by atoms with van der Waals surface area (Å²) in [4.78, 5) is 30.2. The summed E-state index contributed by atoms with van der Waals surface area (Å²) in [6.45, 7) is 4.27. The highest BCUT2D eigenvalue weighted by molar-refractivity contribution is 7.13. The van der Waals surface area contributed by atoms with Crippen LogP contribution in [0.5, 0.6) is 0 Å². The van der Waals surface area contributed by atoms with Crippen LogP contribution >= 0.6 is 11.3 Å². The zero-order valence-corrected chi connectivity index (χ0v) is 19.3. The standard InChI is InChI=1S/C25H28N4O2S/c1-3-17-8-6-11-19(14-17)29-23(30)21-15-20(22-12-7-13-32-22)27-28(21)16-25(29,2)24(31)26-18-9-4-5-10-18/h6-8,11-15,18H,3-5,9-10,16H2,1-2H3,(H,26,31). The van der Waals surface area contributed by atoms with Crippen molar-refractivity contribution >= 4 is 28.8 Å². The molecule has 0 spiro atoms. The van der Waals surface area contributed by atoms with Crippen molar-refractivity contribution in [3.63, 3.8) is 0 Å². The van der Waals surface area contributed by atoms with Crippen LogP contribution in [0, 0.1) is 0 Å². The Balaban J connectivity index is 1.59. The molecule has 5 rings (SSSR count). The molecule has 0 bridgehead atoms. The number of nitrogens with one attached hydrogen (secondary N) is 1. The molecule has 7 heteroatoms. The van der Waals surface area contributed by atoms with Crippen LogP contribution in [0.15, 0.2) is 47.8 Å². The highest BCUT2D eigenvalue weighted by Crippen LogP contribution is 2.35. The van der Waals surface area contributed by atoms with Gasteiger partial charge in [0.25, 0.3) is 5.91 Å². The second kappa shape index (κ2) is 8.20. The van der Waals surface area contributed by atoms with Gasteiger partial charge in [-0.25, -0.2) is 0 Å². The Kier molecular flexibility index (Phi) is 5.37. The first-order chi connectivity index (χ1) is 15.5. The van der Waals surface area contributed by atoms with Gasteiger partial charge in [-0.3, -0.25) is 19.2 Å². The summed E-state index contributed by atoms with van der Waals surface area (Å²) in [6.07, 6.45) is 5.13. The van der Waals surface area contributed by atoms with E-state index in [-0.39, 0.29) is 17.9 Å². The van der Waals surface area contributed by atoms with Gasteiger partial charge in [-0.05, 0) is 61.4 Å². The first kappa shape index (κ1) is 20.9. The lowest BCUT2D eigenvalue weighted by Crippen LogP contribution is -2.65. The van der Waals surface area contributed by atoms with E-state index in [9.17, 15) is 9.59 Å². The first-order valence-electron chi connectivity index (χ1n) is 11.4. The van der Waals surface area contributed by atoms with E-state index in [2.05, 4.69) is 12.2 Å². The Morgan fingerprint density at radius 3 is 2.75 bits per heavy atom. The SMILES string of the molecule is CCc1cccc(N2C(=O)c3cc(-c4cccs4)nn3CC2(C)C(=O)NC2CCCC2)c1. The van der Waals surface area contributed by atoms with Crippen LogP contribution in [0.4, 0.5) is 5.69 Å². The van der Waals surface area contributed by atoms with Crippen molar-refractivity contribution in [1.82, 2.24) is 15.1 Å². The van der Waals surface area contributed by atoms with Crippen LogP contribution in [-0.4, -0.2) is 33.2 Å². The summed E-state index contributed by atoms with van der Waals surface area (Å²) < 4.78 is 1.71. The second-order valence-corrected chi connectivity index (χ2v) is 9.89. The molecule has 1 aromatic carbocycles. The summed E-state index contributed by atoms with van der Waals surface area (Å²) in [5.74, 6) is -0.303. The van der Waals surface area contributed by atoms with Gasteiger partial charge in [0.15, 0.2) is 0 Å². The number of carbonyl (C=O) groups is 2. The highest BCUT2D eigenvalue weighted by Gasteiger charge is 2.49. The zero-order valence-electron chi connectivity index (χ0n) is 18.5. The maximum absolute atomic E-state index is 13.8. The molecule has 1 N–H and O–H groups in total. The molecule has 0 radical (unpaired) electrons. The van der Waals surface area contributed by atoms with Gasteiger partial charge in [0, 0.05) is 11.7 Å². The number of thiophene rings is 1. The van der Waals surface area contributed by atoms with Crippen LogP contribution < -0.4 is 10.2 Å². The monoisotopic (exact) mass is 448 g/mol. The van der Waals surface area contributed by atoms with E-state index in [1.54, 1.807) is 20.9 Å². The minimum absolute atomic E-state index is 0.113. The molecule has 2 aliphatic rings. The second-order valence-electron chi connectivity index (χ2n) is 8.94. The average molecular weight is 449 g/mol. The van der Waals surface area contributed by atoms with E-state index in [1.807, 2.05) is 54.8 Å². The smallest absolute Gasteiger partial charge is 0.277 e. The van der Waals surface area contributed by atoms with Crippen molar-refractivity contribution in [2.24, 2.45) is 0 Å². The van der Waals surface area contributed by atoms with Gasteiger partial charge in [-0.1, -0.05) is 38.0 Å². The van der Waals surface area contributed by atoms with E-state index >= 15 is 0 Å². The number of fused-ring (bicyclic) bond motifs is 1. The Bertz CT molecular complexity index is 1150. The van der Waals surface area contributed by atoms with Gasteiger partial charge in [0.1, 0.15) is 16.9 Å². The number of hydrogen-bond acceptors (Lipinski definition) is 4. The van der Waals surface area contributed by atoms with Crippen molar-refractivity contribution in [3.05, 3.63) is 59.1 Å². The third-order valence-corrected chi connectivity index (χ3v) is 7.58. The van der Waals surface area contributed by atoms with Gasteiger partial charge >= 0.3 is 0 Å². The fourth-order valence-electron chi connectivity index (χ4n) is 4.86. The predicted molar refractivity (Wildman–Crippen MR) is 127 cm³/mol. The largest absolute Gasteiger partial charge is 0.351 e. The summed E-state index contributed by atoms with van der Waals surface area (Å²) in [5, 5.41) is 9.94. The summed E-state index contributed by atoms with van der Waals surface area (Å²) in [7, 11) is 0. The van der Waals surface area contributed by atoms with Crippen molar-refractivity contribution < 1.29 is 9.59 Å². The van der Waals surface area contributed by atoms with Crippen molar-refractivity contribution in [2.75, 3.05) is 4.90 Å². The Morgan fingerprint density at radius 2 is 2.03 bits per heavy atom. The molecule has 2 amide bonds. The number of rotatable bonds is 5. The molecule has 1 fully saturated rings. The lowest BCUT2D eigenvalue weighted by molar-refractivity contribution is -0.127. The van der Waals surface area contributed by atoms with E-state index in [0.717, 1.165) is 53.9 Å². The molecule has 1 saturated carbocycles. The third-order valence-electron chi connectivity index (χ3n) is 6.68. The molecular weight excluding hydrogens is 420 g/mol. The van der Waals surface area contributed by atoms with E-state index in [4.69, 9.17) is 5.10 Å². The molecule has 2 aromatic heterocycles. The molecule has 0 saturated heterocycles. The molecule has 1 aliphatic heterocycles. The molecule has 32 heavy (non-hydrogen) atoms. The van der Waals surface area contributed by atoms with Crippen LogP contribution in [0.25, 0.3) is 10.6 Å². The van der Waals surface area contributed by atoms with Gasteiger partial charge in [-0.15, -0.1) is 11.3 Å². The topological polar surface area (TPSA) is 67.2 Å². The summed E-state index contributed by atoms with van der Waals surface area (Å²) in [5.41, 5.74) is 2.10. The van der Waals surface area contributed by atoms with E-state index in [0.29, 0.717) is 12.2 Å². The van der Waals surface area contributed by atoms with Crippen molar-refractivity contribution in [3.8, 4) is 10.6 Å². The number of anilines is 1. The maximum Gasteiger partial charge on any atom is 0.277 e. The number of hydrogen-bond donors (Lipinski definition) is 1. The number of amides is 2. The van der Waals surface area contributed by atoms with Crippen LogP contribution in [0.1, 0.15) is 55.6 Å². The van der Waals surface area contributed by atoms with Gasteiger partial charge in [0.05, 0.1) is 11.4 Å². The van der Waals surface area contributed by atoms with E-state index in [1.165, 1.54) is 0 Å². The maximum atomic E-state index is 13.8. The molecule has 1 unspecified atom stereocenters. The lowest BCUT2D eigenvalue weighted by atomic mass is 9.93. The van der Waals surface area contributed by atoms with Crippen molar-refractivity contribution in [2.45, 2.75) is 64.1 Å². The van der Waals surface area contributed by atoms with Gasteiger partial charge < -0.3 is 5.32 Å². The number of nitrogens with zero attached hydrogens (tertiary/aromatic N) is 3. The summed E-state index contributed by atoms with van der Waals surface area (Å²) in [6, 6.07) is 13.9. The zero-order chi connectivity index (χ0) is 22.3. The highest BCUT2D eigenvalue weighted by atomic mass is 32.1. The molecule has 1 atom stereocenters. The number of benzene rings is 1. The quantitative estimate of drug-likeness (QED) is 0.618. The van der Waals surface area contributed by atoms with Gasteiger partial charge in [0.2, 0.25) is 5.91 Å². The number of carbonyl (C=O) groups excluding carboxylic acids is 2. The van der Waals surface area contributed by atoms with Crippen molar-refractivity contribution in [1.29, 1.82) is 0 Å². The first-order valence-corrected chi connectivity index (χ1v) is 12.2. The molecule has 6 nitrogen and oxygen atoms in total. The number of aromatic nitrogens is 2. The predicted octanol–water partition coefficient (Wildman–Crippen LogP) is 4.65. The van der Waals surface area contributed by atoms with E-state index < -0.39 is 5.54 Å². The van der Waals surface area contributed by atoms with Crippen LogP contribution in [0.3, 0.4) is 0 Å². The summed E-state index contributed by atoms with van der Waals surface area (Å²) >= 11 is 1.59. The molecule has 166 valence electrons.